The summed E-state index contributed by atoms with van der Waals surface area (Å²) in [6, 6.07) is 14.6. The number of rotatable bonds is 2. The standard InChI is InChI=1S/C17H17N3S/c18-13-7-8-15-12(10-13)4-3-9-20(15)11-17-19-14-5-1-2-6-16(14)21-17/h1-2,5-8,10H,3-4,9,11,18H2. The number of nitrogens with zero attached hydrogens (tertiary/aromatic N) is 2. The van der Waals surface area contributed by atoms with Crippen LogP contribution >= 0.6 is 11.3 Å². The monoisotopic (exact) mass is 295 g/mol. The fourth-order valence-corrected chi connectivity index (χ4v) is 3.99. The molecule has 0 bridgehead atoms. The number of thiazole rings is 1. The molecule has 2 heterocycles. The number of para-hydroxylation sites is 1. The molecule has 3 nitrogen and oxygen atoms in total. The number of hydrogen-bond donors (Lipinski definition) is 1. The Bertz CT molecular complexity index is 761. The lowest BCUT2D eigenvalue weighted by Crippen LogP contribution is -2.28. The van der Waals surface area contributed by atoms with E-state index in [1.54, 1.807) is 11.3 Å². The van der Waals surface area contributed by atoms with E-state index in [1.807, 2.05) is 12.1 Å². The van der Waals surface area contributed by atoms with Crippen molar-refractivity contribution in [3.63, 3.8) is 0 Å². The molecular formula is C17H17N3S. The average Bonchev–Trinajstić information content (AvgIpc) is 2.89. The minimum absolute atomic E-state index is 0.857. The first-order valence-corrected chi connectivity index (χ1v) is 8.09. The second-order valence-corrected chi connectivity index (χ2v) is 6.60. The first kappa shape index (κ1) is 12.7. The topological polar surface area (TPSA) is 42.1 Å². The number of benzene rings is 2. The van der Waals surface area contributed by atoms with Crippen LogP contribution < -0.4 is 10.6 Å². The third-order valence-electron chi connectivity index (χ3n) is 3.98. The van der Waals surface area contributed by atoms with Gasteiger partial charge in [0, 0.05) is 17.9 Å². The van der Waals surface area contributed by atoms with E-state index >= 15 is 0 Å². The summed E-state index contributed by atoms with van der Waals surface area (Å²) < 4.78 is 1.27. The van der Waals surface area contributed by atoms with Crippen LogP contribution in [0.5, 0.6) is 0 Å². The highest BCUT2D eigenvalue weighted by molar-refractivity contribution is 7.18. The van der Waals surface area contributed by atoms with Crippen molar-refractivity contribution in [3.8, 4) is 0 Å². The van der Waals surface area contributed by atoms with Crippen molar-refractivity contribution in [2.75, 3.05) is 17.2 Å². The Morgan fingerprint density at radius 2 is 2.10 bits per heavy atom. The Balaban J connectivity index is 1.66. The second kappa shape index (κ2) is 5.04. The fraction of sp³-hybridized carbons (Fsp3) is 0.235. The molecule has 4 rings (SSSR count). The molecule has 1 aromatic heterocycles. The summed E-state index contributed by atoms with van der Waals surface area (Å²) in [5.74, 6) is 0. The first-order chi connectivity index (χ1) is 10.3. The summed E-state index contributed by atoms with van der Waals surface area (Å²) in [6.45, 7) is 1.98. The van der Waals surface area contributed by atoms with Gasteiger partial charge in [-0.3, -0.25) is 0 Å². The van der Waals surface area contributed by atoms with Gasteiger partial charge in [-0.15, -0.1) is 11.3 Å². The summed E-state index contributed by atoms with van der Waals surface area (Å²) in [5, 5.41) is 1.18. The molecule has 106 valence electrons. The third-order valence-corrected chi connectivity index (χ3v) is 5.00. The zero-order chi connectivity index (χ0) is 14.2. The van der Waals surface area contributed by atoms with Crippen molar-refractivity contribution >= 4 is 32.9 Å². The van der Waals surface area contributed by atoms with Gasteiger partial charge in [0.15, 0.2) is 0 Å². The van der Waals surface area contributed by atoms with Gasteiger partial charge >= 0.3 is 0 Å². The van der Waals surface area contributed by atoms with E-state index in [2.05, 4.69) is 35.2 Å². The summed E-state index contributed by atoms with van der Waals surface area (Å²) in [5.41, 5.74) is 10.5. The zero-order valence-electron chi connectivity index (χ0n) is 11.7. The predicted molar refractivity (Wildman–Crippen MR) is 89.8 cm³/mol. The van der Waals surface area contributed by atoms with Gasteiger partial charge < -0.3 is 10.6 Å². The maximum absolute atomic E-state index is 5.90. The number of nitrogens with two attached hydrogens (primary N) is 1. The van der Waals surface area contributed by atoms with E-state index in [9.17, 15) is 0 Å². The van der Waals surface area contributed by atoms with Gasteiger partial charge in [-0.2, -0.15) is 0 Å². The molecule has 2 aromatic carbocycles. The van der Waals surface area contributed by atoms with Crippen molar-refractivity contribution in [1.82, 2.24) is 4.98 Å². The molecule has 0 fully saturated rings. The highest BCUT2D eigenvalue weighted by Crippen LogP contribution is 2.31. The highest BCUT2D eigenvalue weighted by atomic mass is 32.1. The van der Waals surface area contributed by atoms with Crippen LogP contribution in [-0.4, -0.2) is 11.5 Å². The molecule has 4 heteroatoms. The van der Waals surface area contributed by atoms with E-state index in [4.69, 9.17) is 10.7 Å². The number of aromatic nitrogens is 1. The molecule has 0 aliphatic carbocycles. The smallest absolute Gasteiger partial charge is 0.113 e. The lowest BCUT2D eigenvalue weighted by Gasteiger charge is -2.30. The summed E-state index contributed by atoms with van der Waals surface area (Å²) >= 11 is 1.79. The van der Waals surface area contributed by atoms with Crippen molar-refractivity contribution in [2.24, 2.45) is 0 Å². The third kappa shape index (κ3) is 2.36. The molecule has 0 unspecified atom stereocenters. The van der Waals surface area contributed by atoms with Gasteiger partial charge in [-0.1, -0.05) is 12.1 Å². The quantitative estimate of drug-likeness (QED) is 0.731. The van der Waals surface area contributed by atoms with Gasteiger partial charge in [-0.05, 0) is 48.7 Å². The number of aryl methyl sites for hydroxylation is 1. The SMILES string of the molecule is Nc1ccc2c(c1)CCCN2Cc1nc2ccccc2s1. The average molecular weight is 295 g/mol. The van der Waals surface area contributed by atoms with Crippen molar-refractivity contribution in [2.45, 2.75) is 19.4 Å². The molecule has 1 aliphatic rings. The lowest BCUT2D eigenvalue weighted by atomic mass is 10.0. The Labute approximate surface area is 128 Å². The summed E-state index contributed by atoms with van der Waals surface area (Å²) in [7, 11) is 0. The van der Waals surface area contributed by atoms with E-state index in [0.29, 0.717) is 0 Å². The molecule has 21 heavy (non-hydrogen) atoms. The maximum atomic E-state index is 5.90. The Morgan fingerprint density at radius 3 is 3.00 bits per heavy atom. The van der Waals surface area contributed by atoms with Crippen LogP contribution in [0, 0.1) is 0 Å². The van der Waals surface area contributed by atoms with Gasteiger partial charge in [0.25, 0.3) is 0 Å². The Morgan fingerprint density at radius 1 is 1.19 bits per heavy atom. The summed E-state index contributed by atoms with van der Waals surface area (Å²) in [6.07, 6.45) is 2.30. The van der Waals surface area contributed by atoms with Crippen molar-refractivity contribution in [1.29, 1.82) is 0 Å². The molecule has 2 N–H and O–H groups in total. The van der Waals surface area contributed by atoms with Gasteiger partial charge in [0.05, 0.1) is 16.8 Å². The second-order valence-electron chi connectivity index (χ2n) is 5.49. The minimum Gasteiger partial charge on any atom is -0.399 e. The lowest BCUT2D eigenvalue weighted by molar-refractivity contribution is 0.690. The van der Waals surface area contributed by atoms with Crippen LogP contribution in [0.15, 0.2) is 42.5 Å². The maximum Gasteiger partial charge on any atom is 0.113 e. The van der Waals surface area contributed by atoms with E-state index in [-0.39, 0.29) is 0 Å². The Kier molecular flexibility index (Phi) is 3.04. The highest BCUT2D eigenvalue weighted by Gasteiger charge is 2.18. The van der Waals surface area contributed by atoms with Crippen LogP contribution in [0.4, 0.5) is 11.4 Å². The Hall–Kier alpha value is -2.07. The van der Waals surface area contributed by atoms with Crippen LogP contribution in [0.2, 0.25) is 0 Å². The molecular weight excluding hydrogens is 278 g/mol. The zero-order valence-corrected chi connectivity index (χ0v) is 12.6. The normalized spacial score (nSPS) is 14.4. The van der Waals surface area contributed by atoms with Crippen LogP contribution in [0.25, 0.3) is 10.2 Å². The van der Waals surface area contributed by atoms with Crippen LogP contribution in [-0.2, 0) is 13.0 Å². The fourth-order valence-electron chi connectivity index (χ4n) is 3.01. The molecule has 3 aromatic rings. The van der Waals surface area contributed by atoms with Gasteiger partial charge in [0.2, 0.25) is 0 Å². The van der Waals surface area contributed by atoms with E-state index in [1.165, 1.54) is 27.4 Å². The number of anilines is 2. The van der Waals surface area contributed by atoms with Crippen LogP contribution in [0.3, 0.4) is 0 Å². The molecule has 0 atom stereocenters. The van der Waals surface area contributed by atoms with Crippen molar-refractivity contribution < 1.29 is 0 Å². The molecule has 0 saturated heterocycles. The summed E-state index contributed by atoms with van der Waals surface area (Å²) in [4.78, 5) is 7.18. The number of fused-ring (bicyclic) bond motifs is 2. The van der Waals surface area contributed by atoms with Crippen LogP contribution in [0.1, 0.15) is 17.0 Å². The number of hydrogen-bond acceptors (Lipinski definition) is 4. The van der Waals surface area contributed by atoms with Crippen molar-refractivity contribution in [3.05, 3.63) is 53.0 Å². The molecule has 0 saturated carbocycles. The van der Waals surface area contributed by atoms with E-state index < -0.39 is 0 Å². The molecule has 0 spiro atoms. The minimum atomic E-state index is 0.857. The molecule has 0 radical (unpaired) electrons. The van der Waals surface area contributed by atoms with Gasteiger partial charge in [0.1, 0.15) is 5.01 Å². The van der Waals surface area contributed by atoms with E-state index in [0.717, 1.165) is 30.7 Å². The molecule has 0 amide bonds. The first-order valence-electron chi connectivity index (χ1n) is 7.27. The molecule has 1 aliphatic heterocycles. The van der Waals surface area contributed by atoms with Gasteiger partial charge in [-0.25, -0.2) is 4.98 Å². The largest absolute Gasteiger partial charge is 0.399 e. The number of nitrogen functional groups attached to an aromatic ring is 1. The predicted octanol–water partition coefficient (Wildman–Crippen LogP) is 3.83.